The topological polar surface area (TPSA) is 80.6 Å². The smallest absolute Gasteiger partial charge is 0.355 e. The number of carbonyl (C=O) groups is 3. The molecular formula is C20H33N3O4. The molecule has 0 spiro atoms. The van der Waals surface area contributed by atoms with Crippen LogP contribution in [-0.2, 0) is 11.8 Å². The Morgan fingerprint density at radius 3 is 2.11 bits per heavy atom. The minimum absolute atomic E-state index is 0.0309. The standard InChI is InChI=1S/C20H33N3O4/c1-10-27-19(25)17-13(6)16(14(7)22(17)9)18(24)15(8)23(12(4)5)20(26)21-11(2)3/h11-12,15H,10H2,1-9H3,(H,21,26). The molecule has 1 heterocycles. The van der Waals surface area contributed by atoms with E-state index in [0.717, 1.165) is 0 Å². The second-order valence-corrected chi connectivity index (χ2v) is 7.36. The second kappa shape index (κ2) is 9.06. The van der Waals surface area contributed by atoms with E-state index in [1.807, 2.05) is 27.7 Å². The van der Waals surface area contributed by atoms with Gasteiger partial charge in [-0.3, -0.25) is 4.79 Å². The Morgan fingerprint density at radius 2 is 1.67 bits per heavy atom. The molecule has 0 aliphatic rings. The molecule has 152 valence electrons. The van der Waals surface area contributed by atoms with Gasteiger partial charge in [-0.2, -0.15) is 0 Å². The summed E-state index contributed by atoms with van der Waals surface area (Å²) >= 11 is 0. The molecule has 0 fully saturated rings. The summed E-state index contributed by atoms with van der Waals surface area (Å²) in [4.78, 5) is 39.7. The maximum Gasteiger partial charge on any atom is 0.355 e. The summed E-state index contributed by atoms with van der Waals surface area (Å²) in [5.74, 6) is -0.644. The largest absolute Gasteiger partial charge is 0.461 e. The number of nitrogens with one attached hydrogen (secondary N) is 1. The predicted molar refractivity (Wildman–Crippen MR) is 105 cm³/mol. The van der Waals surface area contributed by atoms with E-state index in [1.165, 1.54) is 4.90 Å². The number of nitrogens with zero attached hydrogens (tertiary/aromatic N) is 2. The molecule has 7 nitrogen and oxygen atoms in total. The summed E-state index contributed by atoms with van der Waals surface area (Å²) in [6.45, 7) is 14.8. The molecule has 1 N–H and O–H groups in total. The van der Waals surface area contributed by atoms with E-state index in [9.17, 15) is 14.4 Å². The normalized spacial score (nSPS) is 12.3. The van der Waals surface area contributed by atoms with E-state index >= 15 is 0 Å². The Hall–Kier alpha value is -2.31. The maximum absolute atomic E-state index is 13.3. The number of amides is 2. The number of hydrogen-bond donors (Lipinski definition) is 1. The van der Waals surface area contributed by atoms with E-state index in [-0.39, 0.29) is 30.5 Å². The van der Waals surface area contributed by atoms with Crippen LogP contribution in [0.3, 0.4) is 0 Å². The molecule has 1 unspecified atom stereocenters. The summed E-state index contributed by atoms with van der Waals surface area (Å²) < 4.78 is 6.80. The number of rotatable bonds is 7. The molecule has 2 amide bonds. The number of esters is 1. The maximum atomic E-state index is 13.3. The number of carbonyl (C=O) groups excluding carboxylic acids is 3. The summed E-state index contributed by atoms with van der Waals surface area (Å²) in [6, 6.07) is -1.13. The van der Waals surface area contributed by atoms with Crippen molar-refractivity contribution in [1.82, 2.24) is 14.8 Å². The first-order valence-corrected chi connectivity index (χ1v) is 9.41. The van der Waals surface area contributed by atoms with Gasteiger partial charge in [-0.15, -0.1) is 0 Å². The lowest BCUT2D eigenvalue weighted by molar-refractivity contribution is 0.0514. The van der Waals surface area contributed by atoms with Crippen LogP contribution in [0.4, 0.5) is 4.79 Å². The number of Topliss-reactive ketones (excluding diaryl/α,β-unsaturated/α-hetero) is 1. The van der Waals surface area contributed by atoms with Gasteiger partial charge in [-0.25, -0.2) is 9.59 Å². The van der Waals surface area contributed by atoms with Crippen molar-refractivity contribution in [1.29, 1.82) is 0 Å². The molecule has 1 aromatic rings. The molecule has 0 saturated carbocycles. The van der Waals surface area contributed by atoms with Gasteiger partial charge in [-0.1, -0.05) is 0 Å². The van der Waals surface area contributed by atoms with Crippen molar-refractivity contribution in [3.63, 3.8) is 0 Å². The Kier molecular flexibility index (Phi) is 7.63. The van der Waals surface area contributed by atoms with Crippen molar-refractivity contribution < 1.29 is 19.1 Å². The molecule has 0 saturated heterocycles. The summed E-state index contributed by atoms with van der Waals surface area (Å²) in [5.41, 5.74) is 2.10. The van der Waals surface area contributed by atoms with Gasteiger partial charge in [0.2, 0.25) is 0 Å². The molecular weight excluding hydrogens is 346 g/mol. The van der Waals surface area contributed by atoms with Gasteiger partial charge >= 0.3 is 12.0 Å². The minimum atomic E-state index is -0.668. The fraction of sp³-hybridized carbons (Fsp3) is 0.650. The zero-order valence-corrected chi connectivity index (χ0v) is 18.0. The average Bonchev–Trinajstić information content (AvgIpc) is 2.75. The van der Waals surface area contributed by atoms with E-state index in [4.69, 9.17) is 4.74 Å². The third kappa shape index (κ3) is 4.70. The van der Waals surface area contributed by atoms with Crippen LogP contribution >= 0.6 is 0 Å². The predicted octanol–water partition coefficient (Wildman–Crippen LogP) is 3.22. The van der Waals surface area contributed by atoms with Crippen LogP contribution in [0.15, 0.2) is 0 Å². The van der Waals surface area contributed by atoms with Crippen LogP contribution in [0.25, 0.3) is 0 Å². The first-order chi connectivity index (χ1) is 12.4. The summed E-state index contributed by atoms with van der Waals surface area (Å²) in [7, 11) is 1.74. The van der Waals surface area contributed by atoms with Gasteiger partial charge < -0.3 is 19.5 Å². The second-order valence-electron chi connectivity index (χ2n) is 7.36. The SMILES string of the molecule is CCOC(=O)c1c(C)c(C(=O)C(C)N(C(=O)NC(C)C)C(C)C)c(C)n1C. The van der Waals surface area contributed by atoms with E-state index in [1.54, 1.807) is 39.3 Å². The van der Waals surface area contributed by atoms with Crippen molar-refractivity contribution >= 4 is 17.8 Å². The van der Waals surface area contributed by atoms with Gasteiger partial charge in [0.25, 0.3) is 0 Å². The van der Waals surface area contributed by atoms with Crippen molar-refractivity contribution in [2.75, 3.05) is 6.61 Å². The quantitative estimate of drug-likeness (QED) is 0.583. The Labute approximate surface area is 162 Å². The molecule has 0 aliphatic carbocycles. The first kappa shape index (κ1) is 22.7. The highest BCUT2D eigenvalue weighted by Crippen LogP contribution is 2.25. The van der Waals surface area contributed by atoms with Crippen LogP contribution in [0.1, 0.15) is 73.6 Å². The highest BCUT2D eigenvalue weighted by molar-refractivity contribution is 6.06. The molecule has 1 aromatic heterocycles. The molecule has 1 atom stereocenters. The summed E-state index contributed by atoms with van der Waals surface area (Å²) in [5, 5.41) is 2.85. The Bertz CT molecular complexity index is 719. The number of aromatic nitrogens is 1. The van der Waals surface area contributed by atoms with E-state index in [0.29, 0.717) is 22.5 Å². The highest BCUT2D eigenvalue weighted by Gasteiger charge is 2.33. The molecule has 0 radical (unpaired) electrons. The fourth-order valence-electron chi connectivity index (χ4n) is 3.34. The monoisotopic (exact) mass is 379 g/mol. The minimum Gasteiger partial charge on any atom is -0.461 e. The van der Waals surface area contributed by atoms with Crippen LogP contribution < -0.4 is 5.32 Å². The van der Waals surface area contributed by atoms with Crippen LogP contribution in [0, 0.1) is 13.8 Å². The molecule has 0 aromatic carbocycles. The highest BCUT2D eigenvalue weighted by atomic mass is 16.5. The first-order valence-electron chi connectivity index (χ1n) is 9.41. The van der Waals surface area contributed by atoms with Crippen LogP contribution in [0.2, 0.25) is 0 Å². The van der Waals surface area contributed by atoms with E-state index in [2.05, 4.69) is 5.32 Å². The van der Waals surface area contributed by atoms with Crippen molar-refractivity contribution in [2.24, 2.45) is 7.05 Å². The number of hydrogen-bond acceptors (Lipinski definition) is 4. The molecule has 7 heteroatoms. The lowest BCUT2D eigenvalue weighted by Crippen LogP contribution is -2.53. The van der Waals surface area contributed by atoms with Gasteiger partial charge in [0, 0.05) is 30.4 Å². The van der Waals surface area contributed by atoms with Gasteiger partial charge in [-0.05, 0) is 61.0 Å². The third-order valence-electron chi connectivity index (χ3n) is 4.65. The zero-order chi connectivity index (χ0) is 21.0. The van der Waals surface area contributed by atoms with Crippen molar-refractivity contribution in [2.45, 2.75) is 73.5 Å². The fourth-order valence-corrected chi connectivity index (χ4v) is 3.34. The molecule has 27 heavy (non-hydrogen) atoms. The summed E-state index contributed by atoms with van der Waals surface area (Å²) in [6.07, 6.45) is 0. The Morgan fingerprint density at radius 1 is 1.11 bits per heavy atom. The Balaban J connectivity index is 3.33. The molecule has 0 bridgehead atoms. The van der Waals surface area contributed by atoms with Crippen LogP contribution in [0.5, 0.6) is 0 Å². The number of urea groups is 1. The average molecular weight is 380 g/mol. The number of ether oxygens (including phenoxy) is 1. The lowest BCUT2D eigenvalue weighted by atomic mass is 9.99. The van der Waals surface area contributed by atoms with Crippen molar-refractivity contribution in [3.8, 4) is 0 Å². The van der Waals surface area contributed by atoms with Gasteiger partial charge in [0.15, 0.2) is 5.78 Å². The third-order valence-corrected chi connectivity index (χ3v) is 4.65. The van der Waals surface area contributed by atoms with Gasteiger partial charge in [0.05, 0.1) is 12.6 Å². The van der Waals surface area contributed by atoms with Crippen molar-refractivity contribution in [3.05, 3.63) is 22.5 Å². The van der Waals surface area contributed by atoms with Crippen LogP contribution in [-0.4, -0.2) is 52.0 Å². The zero-order valence-electron chi connectivity index (χ0n) is 18.0. The van der Waals surface area contributed by atoms with E-state index < -0.39 is 12.0 Å². The van der Waals surface area contributed by atoms with Gasteiger partial charge in [0.1, 0.15) is 5.69 Å². The lowest BCUT2D eigenvalue weighted by Gasteiger charge is -2.33. The molecule has 0 aliphatic heterocycles. The number of ketones is 1. The molecule has 1 rings (SSSR count).